The van der Waals surface area contributed by atoms with Crippen molar-refractivity contribution < 1.29 is 19.4 Å². The summed E-state index contributed by atoms with van der Waals surface area (Å²) in [6, 6.07) is 17.8. The maximum atomic E-state index is 13.1. The Morgan fingerprint density at radius 3 is 2.52 bits per heavy atom. The number of hydrogen-bond acceptors (Lipinski definition) is 9. The zero-order valence-electron chi connectivity index (χ0n) is 25.5. The van der Waals surface area contributed by atoms with Gasteiger partial charge in [-0.2, -0.15) is 4.68 Å². The maximum Gasteiger partial charge on any atom is 0.435 e. The number of aromatic nitrogens is 4. The third-order valence-electron chi connectivity index (χ3n) is 9.11. The number of nitrogens with zero attached hydrogens (tertiary/aromatic N) is 4. The summed E-state index contributed by atoms with van der Waals surface area (Å²) in [5.41, 5.74) is 1.22. The third kappa shape index (κ3) is 6.01. The highest BCUT2D eigenvalue weighted by molar-refractivity contribution is 5.91. The van der Waals surface area contributed by atoms with E-state index in [4.69, 9.17) is 14.5 Å². The summed E-state index contributed by atoms with van der Waals surface area (Å²) in [4.78, 5) is 22.7. The molecule has 10 heteroatoms. The molecule has 0 saturated heterocycles. The van der Waals surface area contributed by atoms with Crippen LogP contribution in [0.4, 0.5) is 22.2 Å². The number of rotatable bonds is 8. The molecule has 230 valence electrons. The van der Waals surface area contributed by atoms with E-state index >= 15 is 0 Å². The van der Waals surface area contributed by atoms with E-state index in [0.717, 1.165) is 54.4 Å². The van der Waals surface area contributed by atoms with Crippen molar-refractivity contribution >= 4 is 34.4 Å². The average molecular weight is 597 g/mol. The lowest BCUT2D eigenvalue weighted by molar-refractivity contribution is -0.129. The van der Waals surface area contributed by atoms with E-state index in [-0.39, 0.29) is 12.6 Å². The molecule has 0 radical (unpaired) electrons. The first kappa shape index (κ1) is 28.7. The SMILES string of the molecule is CC(C)(C)OC(=O)n1nc(Nc2cc3ncccc3c(NC3C4CC5CC3CC(O)(C5)C4)n2)cc1COCc1ccccc1. The van der Waals surface area contributed by atoms with Crippen LogP contribution in [-0.2, 0) is 22.7 Å². The molecule has 0 amide bonds. The van der Waals surface area contributed by atoms with Crippen LogP contribution in [0.25, 0.3) is 10.9 Å². The molecule has 4 aromatic rings. The Bertz CT molecular complexity index is 1650. The zero-order valence-corrected chi connectivity index (χ0v) is 25.5. The van der Waals surface area contributed by atoms with E-state index in [1.54, 1.807) is 12.3 Å². The summed E-state index contributed by atoms with van der Waals surface area (Å²) in [6.45, 7) is 6.04. The minimum absolute atomic E-state index is 0.167. The molecule has 4 saturated carbocycles. The molecule has 1 aromatic carbocycles. The van der Waals surface area contributed by atoms with Gasteiger partial charge in [0.05, 0.1) is 30.0 Å². The molecule has 2 atom stereocenters. The van der Waals surface area contributed by atoms with Crippen molar-refractivity contribution in [3.63, 3.8) is 0 Å². The second kappa shape index (κ2) is 11.2. The van der Waals surface area contributed by atoms with Crippen LogP contribution in [0.15, 0.2) is 60.8 Å². The van der Waals surface area contributed by atoms with Crippen molar-refractivity contribution in [1.29, 1.82) is 0 Å². The molecule has 8 rings (SSSR count). The van der Waals surface area contributed by atoms with E-state index in [1.807, 2.05) is 69.3 Å². The van der Waals surface area contributed by atoms with Crippen LogP contribution in [0.2, 0.25) is 0 Å². The number of nitrogens with one attached hydrogen (secondary N) is 2. The highest BCUT2D eigenvalue weighted by atomic mass is 16.6. The van der Waals surface area contributed by atoms with E-state index in [2.05, 4.69) is 20.7 Å². The first-order valence-corrected chi connectivity index (χ1v) is 15.6. The van der Waals surface area contributed by atoms with Gasteiger partial charge in [0.25, 0.3) is 0 Å². The van der Waals surface area contributed by atoms with Gasteiger partial charge < -0.3 is 25.2 Å². The zero-order chi connectivity index (χ0) is 30.5. The molecule has 10 nitrogen and oxygen atoms in total. The molecule has 3 N–H and O–H groups in total. The number of anilines is 3. The molecular formula is C34H40N6O4. The molecule has 3 aromatic heterocycles. The molecule has 2 unspecified atom stereocenters. The maximum absolute atomic E-state index is 13.1. The van der Waals surface area contributed by atoms with Gasteiger partial charge in [-0.1, -0.05) is 30.3 Å². The predicted molar refractivity (Wildman–Crippen MR) is 168 cm³/mol. The summed E-state index contributed by atoms with van der Waals surface area (Å²) in [7, 11) is 0. The summed E-state index contributed by atoms with van der Waals surface area (Å²) in [5.74, 6) is 3.26. The second-order valence-electron chi connectivity index (χ2n) is 13.8. The Morgan fingerprint density at radius 2 is 1.80 bits per heavy atom. The van der Waals surface area contributed by atoms with Gasteiger partial charge in [-0.25, -0.2) is 9.78 Å². The molecule has 4 bridgehead atoms. The van der Waals surface area contributed by atoms with Crippen molar-refractivity contribution in [1.82, 2.24) is 19.7 Å². The van der Waals surface area contributed by atoms with Gasteiger partial charge in [0.2, 0.25) is 0 Å². The lowest BCUT2D eigenvalue weighted by Gasteiger charge is -2.58. The Kier molecular flexibility index (Phi) is 7.29. The minimum atomic E-state index is -0.682. The number of aliphatic hydroxyl groups is 1. The highest BCUT2D eigenvalue weighted by Gasteiger charge is 2.54. The quantitative estimate of drug-likeness (QED) is 0.211. The fraction of sp³-hybridized carbons (Fsp3) is 0.471. The van der Waals surface area contributed by atoms with E-state index in [1.165, 1.54) is 4.68 Å². The standard InChI is InChI=1S/C34H40N6O4/c1-33(2,3)44-32(41)40-25(20-43-19-21-8-5-4-6-9-21)14-29(39-40)36-28-15-27-26(10-7-11-35-27)31(37-28)38-30-23-12-22-13-24(30)18-34(42,16-22)17-23/h4-11,14-15,22-24,30,42H,12-13,16-20H2,1-3H3,(H2,36,37,38,39). The van der Waals surface area contributed by atoms with Crippen LogP contribution < -0.4 is 10.6 Å². The molecule has 4 fully saturated rings. The fourth-order valence-corrected chi connectivity index (χ4v) is 7.65. The molecule has 4 aliphatic rings. The van der Waals surface area contributed by atoms with Crippen LogP contribution in [0, 0.1) is 17.8 Å². The van der Waals surface area contributed by atoms with E-state index < -0.39 is 17.3 Å². The van der Waals surface area contributed by atoms with Crippen LogP contribution in [0.1, 0.15) is 64.1 Å². The number of hydrogen-bond donors (Lipinski definition) is 3. The molecule has 3 heterocycles. The number of benzene rings is 1. The monoisotopic (exact) mass is 596 g/mol. The van der Waals surface area contributed by atoms with Crippen molar-refractivity contribution in [2.45, 2.75) is 83.3 Å². The topological polar surface area (TPSA) is 123 Å². The summed E-state index contributed by atoms with van der Waals surface area (Å²) < 4.78 is 12.8. The van der Waals surface area contributed by atoms with Crippen molar-refractivity contribution in [3.8, 4) is 0 Å². The Labute approximate surface area is 257 Å². The van der Waals surface area contributed by atoms with Crippen molar-refractivity contribution in [2.24, 2.45) is 17.8 Å². The number of ether oxygens (including phenoxy) is 2. The van der Waals surface area contributed by atoms with Gasteiger partial charge in [-0.05, 0) is 88.3 Å². The Balaban J connectivity index is 1.15. The normalized spacial score (nSPS) is 25.7. The Morgan fingerprint density at radius 1 is 1.02 bits per heavy atom. The molecule has 0 spiro atoms. The third-order valence-corrected chi connectivity index (χ3v) is 9.11. The number of pyridine rings is 2. The molecule has 4 aliphatic carbocycles. The number of carbonyl (C=O) groups is 1. The molecule has 44 heavy (non-hydrogen) atoms. The summed E-state index contributed by atoms with van der Waals surface area (Å²) in [6.07, 6.45) is 6.15. The smallest absolute Gasteiger partial charge is 0.435 e. The van der Waals surface area contributed by atoms with Gasteiger partial charge in [0, 0.05) is 29.8 Å². The fourth-order valence-electron chi connectivity index (χ4n) is 7.65. The van der Waals surface area contributed by atoms with Crippen LogP contribution in [0.5, 0.6) is 0 Å². The first-order valence-electron chi connectivity index (χ1n) is 15.6. The van der Waals surface area contributed by atoms with Gasteiger partial charge in [-0.3, -0.25) is 4.98 Å². The van der Waals surface area contributed by atoms with Crippen LogP contribution >= 0.6 is 0 Å². The summed E-state index contributed by atoms with van der Waals surface area (Å²) in [5, 5.41) is 23.7. The van der Waals surface area contributed by atoms with Gasteiger partial charge in [0.1, 0.15) is 17.2 Å². The van der Waals surface area contributed by atoms with Gasteiger partial charge in [0.15, 0.2) is 5.82 Å². The van der Waals surface area contributed by atoms with Gasteiger partial charge >= 0.3 is 6.09 Å². The predicted octanol–water partition coefficient (Wildman–Crippen LogP) is 6.42. The number of carbonyl (C=O) groups excluding carboxylic acids is 1. The molecular weight excluding hydrogens is 556 g/mol. The second-order valence-corrected chi connectivity index (χ2v) is 13.8. The van der Waals surface area contributed by atoms with E-state index in [9.17, 15) is 9.90 Å². The van der Waals surface area contributed by atoms with Crippen molar-refractivity contribution in [3.05, 3.63) is 72.1 Å². The lowest BCUT2D eigenvalue weighted by Crippen LogP contribution is -2.59. The average Bonchev–Trinajstić information content (AvgIpc) is 3.36. The minimum Gasteiger partial charge on any atom is -0.442 e. The van der Waals surface area contributed by atoms with Crippen molar-refractivity contribution in [2.75, 3.05) is 10.6 Å². The van der Waals surface area contributed by atoms with Gasteiger partial charge in [-0.15, -0.1) is 5.10 Å². The lowest BCUT2D eigenvalue weighted by atomic mass is 9.52. The Hall–Kier alpha value is -4.02. The molecule has 0 aliphatic heterocycles. The highest BCUT2D eigenvalue weighted by Crippen LogP contribution is 2.56. The van der Waals surface area contributed by atoms with E-state index in [0.29, 0.717) is 41.7 Å². The van der Waals surface area contributed by atoms with Crippen LogP contribution in [-0.4, -0.2) is 48.2 Å². The summed E-state index contributed by atoms with van der Waals surface area (Å²) >= 11 is 0. The first-order chi connectivity index (χ1) is 21.1. The van der Waals surface area contributed by atoms with Crippen LogP contribution in [0.3, 0.4) is 0 Å². The largest absolute Gasteiger partial charge is 0.442 e. The number of fused-ring (bicyclic) bond motifs is 1.